The summed E-state index contributed by atoms with van der Waals surface area (Å²) < 4.78 is 5.40. The van der Waals surface area contributed by atoms with Crippen LogP contribution in [0.3, 0.4) is 0 Å². The van der Waals surface area contributed by atoms with E-state index in [2.05, 4.69) is 25.7 Å². The summed E-state index contributed by atoms with van der Waals surface area (Å²) in [6.45, 7) is 3.13. The van der Waals surface area contributed by atoms with Crippen molar-refractivity contribution in [2.75, 3.05) is 41.8 Å². The molecule has 1 amide bonds. The second kappa shape index (κ2) is 10.2. The Morgan fingerprint density at radius 2 is 1.84 bits per heavy atom. The van der Waals surface area contributed by atoms with Crippen LogP contribution in [0.4, 0.5) is 22.9 Å². The van der Waals surface area contributed by atoms with E-state index in [1.165, 1.54) is 0 Å². The van der Waals surface area contributed by atoms with E-state index in [0.29, 0.717) is 23.7 Å². The Labute approximate surface area is 186 Å². The maximum atomic E-state index is 12.2. The number of aromatic nitrogens is 2. The maximum Gasteiger partial charge on any atom is 0.224 e. The maximum absolute atomic E-state index is 12.2. The highest BCUT2D eigenvalue weighted by Crippen LogP contribution is 2.22. The number of amides is 1. The van der Waals surface area contributed by atoms with Gasteiger partial charge in [0.2, 0.25) is 5.91 Å². The first-order valence-corrected chi connectivity index (χ1v) is 10.6. The van der Waals surface area contributed by atoms with E-state index < -0.39 is 0 Å². The van der Waals surface area contributed by atoms with Gasteiger partial charge in [0.1, 0.15) is 0 Å². The highest BCUT2D eigenvalue weighted by molar-refractivity contribution is 6.30. The Kier molecular flexibility index (Phi) is 6.96. The van der Waals surface area contributed by atoms with Crippen LogP contribution >= 0.6 is 11.6 Å². The fraction of sp³-hybridized carbons (Fsp3) is 0.261. The van der Waals surface area contributed by atoms with Crippen LogP contribution in [0.15, 0.2) is 60.8 Å². The number of carbonyl (C=O) groups excluding carboxylic acids is 1. The third kappa shape index (κ3) is 6.16. The van der Waals surface area contributed by atoms with E-state index in [1.807, 2.05) is 54.6 Å². The molecule has 3 aromatic rings. The van der Waals surface area contributed by atoms with Gasteiger partial charge >= 0.3 is 0 Å². The van der Waals surface area contributed by atoms with Gasteiger partial charge < -0.3 is 20.3 Å². The van der Waals surface area contributed by atoms with Crippen molar-refractivity contribution >= 4 is 40.4 Å². The van der Waals surface area contributed by atoms with Crippen LogP contribution in [-0.2, 0) is 16.0 Å². The van der Waals surface area contributed by atoms with E-state index in [1.54, 1.807) is 6.20 Å². The first-order valence-electron chi connectivity index (χ1n) is 10.2. The number of nitrogens with zero attached hydrogens (tertiary/aromatic N) is 3. The van der Waals surface area contributed by atoms with E-state index in [-0.39, 0.29) is 5.91 Å². The molecule has 2 aromatic carbocycles. The summed E-state index contributed by atoms with van der Waals surface area (Å²) in [5.74, 6) is 0.632. The van der Waals surface area contributed by atoms with Crippen molar-refractivity contribution in [3.63, 3.8) is 0 Å². The zero-order valence-corrected chi connectivity index (χ0v) is 17.8. The number of hydrogen-bond acceptors (Lipinski definition) is 6. The minimum Gasteiger partial charge on any atom is -0.378 e. The quantitative estimate of drug-likeness (QED) is 0.574. The number of carbonyl (C=O) groups is 1. The molecule has 8 heteroatoms. The number of halogens is 1. The lowest BCUT2D eigenvalue weighted by molar-refractivity contribution is -0.116. The molecule has 7 nitrogen and oxygen atoms in total. The molecule has 1 aliphatic heterocycles. The molecule has 1 aliphatic rings. The van der Waals surface area contributed by atoms with Gasteiger partial charge in [-0.3, -0.25) is 4.79 Å². The average Bonchev–Trinajstić information content (AvgIpc) is 2.80. The number of morpholine rings is 1. The normalized spacial score (nSPS) is 13.6. The Balaban J connectivity index is 1.30. The average molecular weight is 438 g/mol. The summed E-state index contributed by atoms with van der Waals surface area (Å²) in [7, 11) is 0. The predicted molar refractivity (Wildman–Crippen MR) is 123 cm³/mol. The summed E-state index contributed by atoms with van der Waals surface area (Å²) >= 11 is 5.99. The molecule has 0 aliphatic carbocycles. The zero-order chi connectivity index (χ0) is 21.5. The molecule has 2 heterocycles. The number of ether oxygens (including phenoxy) is 1. The SMILES string of the molecule is O=C(CCc1cccc(Cl)c1)Nc1ccc(Nc2cc(N3CCOCC3)cnn2)cc1. The highest BCUT2D eigenvalue weighted by atomic mass is 35.5. The topological polar surface area (TPSA) is 79.4 Å². The van der Waals surface area contributed by atoms with Gasteiger partial charge in [0.15, 0.2) is 5.82 Å². The van der Waals surface area contributed by atoms with Crippen LogP contribution < -0.4 is 15.5 Å². The first kappa shape index (κ1) is 21.1. The number of hydrogen-bond donors (Lipinski definition) is 2. The number of rotatable bonds is 7. The Morgan fingerprint density at radius 3 is 2.61 bits per heavy atom. The summed E-state index contributed by atoms with van der Waals surface area (Å²) in [6.07, 6.45) is 2.80. The molecular weight excluding hydrogens is 414 g/mol. The number of benzene rings is 2. The number of anilines is 4. The molecule has 2 N–H and O–H groups in total. The van der Waals surface area contributed by atoms with Crippen LogP contribution in [0.2, 0.25) is 5.02 Å². The second-order valence-corrected chi connectivity index (χ2v) is 7.72. The van der Waals surface area contributed by atoms with Gasteiger partial charge in [-0.15, -0.1) is 5.10 Å². The highest BCUT2D eigenvalue weighted by Gasteiger charge is 2.12. The third-order valence-corrected chi connectivity index (χ3v) is 5.22. The van der Waals surface area contributed by atoms with E-state index in [4.69, 9.17) is 16.3 Å². The van der Waals surface area contributed by atoms with E-state index in [9.17, 15) is 4.79 Å². The van der Waals surface area contributed by atoms with Gasteiger partial charge in [-0.1, -0.05) is 23.7 Å². The van der Waals surface area contributed by atoms with Gasteiger partial charge in [-0.25, -0.2) is 0 Å². The van der Waals surface area contributed by atoms with Crippen LogP contribution in [-0.4, -0.2) is 42.4 Å². The lowest BCUT2D eigenvalue weighted by Crippen LogP contribution is -2.36. The van der Waals surface area contributed by atoms with Crippen LogP contribution in [0.25, 0.3) is 0 Å². The predicted octanol–water partition coefficient (Wildman–Crippen LogP) is 4.28. The van der Waals surface area contributed by atoms with Crippen molar-refractivity contribution in [1.29, 1.82) is 0 Å². The summed E-state index contributed by atoms with van der Waals surface area (Å²) in [4.78, 5) is 14.5. The Bertz CT molecular complexity index is 1020. The molecule has 1 aromatic heterocycles. The second-order valence-electron chi connectivity index (χ2n) is 7.28. The van der Waals surface area contributed by atoms with Gasteiger partial charge in [-0.2, -0.15) is 5.10 Å². The molecular formula is C23H24ClN5O2. The Morgan fingerprint density at radius 1 is 1.06 bits per heavy atom. The molecule has 0 unspecified atom stereocenters. The molecule has 0 bridgehead atoms. The van der Waals surface area contributed by atoms with Crippen molar-refractivity contribution in [3.05, 3.63) is 71.4 Å². The van der Waals surface area contributed by atoms with Gasteiger partial charge in [0.25, 0.3) is 0 Å². The van der Waals surface area contributed by atoms with Crippen molar-refractivity contribution in [2.24, 2.45) is 0 Å². The van der Waals surface area contributed by atoms with Crippen LogP contribution in [0.1, 0.15) is 12.0 Å². The van der Waals surface area contributed by atoms with Crippen molar-refractivity contribution in [1.82, 2.24) is 10.2 Å². The largest absolute Gasteiger partial charge is 0.378 e. The number of aryl methyl sites for hydroxylation is 1. The zero-order valence-electron chi connectivity index (χ0n) is 17.1. The Hall–Kier alpha value is -3.16. The van der Waals surface area contributed by atoms with Crippen molar-refractivity contribution in [3.8, 4) is 0 Å². The lowest BCUT2D eigenvalue weighted by atomic mass is 10.1. The molecule has 0 saturated carbocycles. The van der Waals surface area contributed by atoms with E-state index in [0.717, 1.165) is 48.9 Å². The molecule has 1 fully saturated rings. The minimum atomic E-state index is -0.0373. The van der Waals surface area contributed by atoms with Gasteiger partial charge in [-0.05, 0) is 48.4 Å². The van der Waals surface area contributed by atoms with Crippen LogP contribution in [0.5, 0.6) is 0 Å². The summed E-state index contributed by atoms with van der Waals surface area (Å²) in [5, 5.41) is 15.1. The monoisotopic (exact) mass is 437 g/mol. The molecule has 0 spiro atoms. The molecule has 1 saturated heterocycles. The molecule has 31 heavy (non-hydrogen) atoms. The summed E-state index contributed by atoms with van der Waals surface area (Å²) in [6, 6.07) is 17.1. The minimum absolute atomic E-state index is 0.0373. The molecule has 160 valence electrons. The van der Waals surface area contributed by atoms with Gasteiger partial charge in [0, 0.05) is 42.0 Å². The lowest BCUT2D eigenvalue weighted by Gasteiger charge is -2.28. The molecule has 0 atom stereocenters. The number of nitrogens with one attached hydrogen (secondary N) is 2. The third-order valence-electron chi connectivity index (χ3n) is 4.99. The molecule has 0 radical (unpaired) electrons. The summed E-state index contributed by atoms with van der Waals surface area (Å²) in [5.41, 5.74) is 3.67. The van der Waals surface area contributed by atoms with Crippen molar-refractivity contribution in [2.45, 2.75) is 12.8 Å². The van der Waals surface area contributed by atoms with Gasteiger partial charge in [0.05, 0.1) is 25.1 Å². The smallest absolute Gasteiger partial charge is 0.224 e. The van der Waals surface area contributed by atoms with Crippen LogP contribution in [0, 0.1) is 0 Å². The van der Waals surface area contributed by atoms with Crippen molar-refractivity contribution < 1.29 is 9.53 Å². The first-order chi connectivity index (χ1) is 15.2. The van der Waals surface area contributed by atoms with E-state index >= 15 is 0 Å². The standard InChI is InChI=1S/C23H24ClN5O2/c24-18-3-1-2-17(14-18)4-9-23(30)27-20-7-5-19(6-8-20)26-22-15-21(16-25-28-22)29-10-12-31-13-11-29/h1-3,5-8,14-16H,4,9-13H2,(H,26,28)(H,27,30). The molecule has 4 rings (SSSR count). The fourth-order valence-electron chi connectivity index (χ4n) is 3.37. The fourth-order valence-corrected chi connectivity index (χ4v) is 3.58.